The van der Waals surface area contributed by atoms with Crippen molar-refractivity contribution in [3.8, 4) is 5.75 Å². The predicted octanol–water partition coefficient (Wildman–Crippen LogP) is 3.34. The van der Waals surface area contributed by atoms with Crippen LogP contribution in [0, 0.1) is 11.7 Å². The molecule has 0 bridgehead atoms. The van der Waals surface area contributed by atoms with Crippen molar-refractivity contribution in [2.24, 2.45) is 10.9 Å². The van der Waals surface area contributed by atoms with Crippen molar-refractivity contribution in [2.45, 2.75) is 32.7 Å². The van der Waals surface area contributed by atoms with Gasteiger partial charge >= 0.3 is 0 Å². The van der Waals surface area contributed by atoms with Gasteiger partial charge in [0.25, 0.3) is 0 Å². The van der Waals surface area contributed by atoms with Crippen LogP contribution in [-0.4, -0.2) is 62.1 Å². The topological polar surface area (TPSA) is 40.1 Å². The smallest absolute Gasteiger partial charge is 0.193 e. The molecule has 0 saturated carbocycles. The number of nitrogens with one attached hydrogen (secondary N) is 1. The number of hydrogen-bond acceptors (Lipinski definition) is 3. The second-order valence-electron chi connectivity index (χ2n) is 7.21. The summed E-state index contributed by atoms with van der Waals surface area (Å²) < 4.78 is 19.2. The third-order valence-corrected chi connectivity index (χ3v) is 5.26. The Hall–Kier alpha value is -1.09. The summed E-state index contributed by atoms with van der Waals surface area (Å²) in [5.41, 5.74) is 0.889. The number of nitrogens with zero attached hydrogens (tertiary/aromatic N) is 3. The SMILES string of the molecule is CCOc1ccc(CNC(=NC)N2CCC(CN3CCCC3)C2)cc1F.I. The normalized spacial score (nSPS) is 20.6. The Kier molecular flexibility index (Phi) is 9.08. The minimum absolute atomic E-state index is 0. The molecular weight excluding hydrogens is 458 g/mol. The summed E-state index contributed by atoms with van der Waals surface area (Å²) >= 11 is 0. The van der Waals surface area contributed by atoms with Gasteiger partial charge in [-0.15, -0.1) is 24.0 Å². The quantitative estimate of drug-likeness (QED) is 0.378. The highest BCUT2D eigenvalue weighted by atomic mass is 127. The summed E-state index contributed by atoms with van der Waals surface area (Å²) in [6, 6.07) is 5.13. The van der Waals surface area contributed by atoms with Gasteiger partial charge in [0.1, 0.15) is 0 Å². The van der Waals surface area contributed by atoms with Crippen LogP contribution in [0.3, 0.4) is 0 Å². The predicted molar refractivity (Wildman–Crippen MR) is 119 cm³/mol. The van der Waals surface area contributed by atoms with Gasteiger partial charge in [0.2, 0.25) is 0 Å². The third kappa shape index (κ3) is 6.20. The van der Waals surface area contributed by atoms with Crippen LogP contribution >= 0.6 is 24.0 Å². The average Bonchev–Trinajstić information content (AvgIpc) is 3.31. The van der Waals surface area contributed by atoms with Gasteiger partial charge in [-0.1, -0.05) is 6.07 Å². The molecule has 1 unspecified atom stereocenters. The van der Waals surface area contributed by atoms with Crippen molar-refractivity contribution < 1.29 is 9.13 Å². The first-order chi connectivity index (χ1) is 12.7. The van der Waals surface area contributed by atoms with Crippen molar-refractivity contribution in [3.63, 3.8) is 0 Å². The van der Waals surface area contributed by atoms with Gasteiger partial charge in [-0.2, -0.15) is 0 Å². The number of guanidine groups is 1. The van der Waals surface area contributed by atoms with Crippen molar-refractivity contribution in [1.29, 1.82) is 0 Å². The number of halogens is 2. The van der Waals surface area contributed by atoms with Crippen molar-refractivity contribution in [1.82, 2.24) is 15.1 Å². The lowest BCUT2D eigenvalue weighted by Crippen LogP contribution is -2.40. The van der Waals surface area contributed by atoms with Crippen LogP contribution < -0.4 is 10.1 Å². The molecule has 2 aliphatic heterocycles. The van der Waals surface area contributed by atoms with E-state index in [1.807, 2.05) is 20.0 Å². The lowest BCUT2D eigenvalue weighted by Gasteiger charge is -2.23. The molecule has 0 radical (unpaired) electrons. The van der Waals surface area contributed by atoms with Crippen LogP contribution in [0.2, 0.25) is 0 Å². The van der Waals surface area contributed by atoms with E-state index in [1.54, 1.807) is 6.07 Å². The Morgan fingerprint density at radius 3 is 2.74 bits per heavy atom. The molecule has 3 rings (SSSR count). The van der Waals surface area contributed by atoms with Gasteiger partial charge in [0, 0.05) is 33.2 Å². The van der Waals surface area contributed by atoms with Crippen LogP contribution in [0.15, 0.2) is 23.2 Å². The van der Waals surface area contributed by atoms with E-state index in [9.17, 15) is 4.39 Å². The maximum absolute atomic E-state index is 14.0. The maximum Gasteiger partial charge on any atom is 0.193 e. The molecule has 152 valence electrons. The lowest BCUT2D eigenvalue weighted by molar-refractivity contribution is 0.281. The van der Waals surface area contributed by atoms with E-state index in [0.717, 1.165) is 30.5 Å². The molecule has 5 nitrogen and oxygen atoms in total. The highest BCUT2D eigenvalue weighted by Gasteiger charge is 2.27. The molecule has 1 N–H and O–H groups in total. The van der Waals surface area contributed by atoms with E-state index in [1.165, 1.54) is 45.0 Å². The fourth-order valence-corrected chi connectivity index (χ4v) is 3.94. The van der Waals surface area contributed by atoms with Gasteiger partial charge in [0.15, 0.2) is 17.5 Å². The molecule has 1 aromatic rings. The molecular formula is C20H32FIN4O. The Labute approximate surface area is 179 Å². The summed E-state index contributed by atoms with van der Waals surface area (Å²) in [7, 11) is 1.81. The van der Waals surface area contributed by atoms with E-state index in [2.05, 4.69) is 20.1 Å². The Bertz CT molecular complexity index is 622. The van der Waals surface area contributed by atoms with Crippen LogP contribution in [0.1, 0.15) is 31.7 Å². The van der Waals surface area contributed by atoms with Crippen LogP contribution in [0.25, 0.3) is 0 Å². The number of aliphatic imine (C=N–C) groups is 1. The first-order valence-corrected chi connectivity index (χ1v) is 9.78. The largest absolute Gasteiger partial charge is 0.491 e. The van der Waals surface area contributed by atoms with Gasteiger partial charge in [-0.05, 0) is 62.9 Å². The summed E-state index contributed by atoms with van der Waals surface area (Å²) in [5, 5.41) is 3.38. The monoisotopic (exact) mass is 490 g/mol. The number of benzene rings is 1. The molecule has 0 aromatic heterocycles. The Balaban J connectivity index is 0.00000261. The molecule has 0 spiro atoms. The van der Waals surface area contributed by atoms with Crippen LogP contribution in [0.5, 0.6) is 5.75 Å². The number of likely N-dealkylation sites (tertiary alicyclic amines) is 2. The summed E-state index contributed by atoms with van der Waals surface area (Å²) in [4.78, 5) is 9.34. The highest BCUT2D eigenvalue weighted by molar-refractivity contribution is 14.0. The van der Waals surface area contributed by atoms with Crippen molar-refractivity contribution in [2.75, 3.05) is 46.4 Å². The molecule has 1 aromatic carbocycles. The van der Waals surface area contributed by atoms with E-state index in [-0.39, 0.29) is 29.8 Å². The summed E-state index contributed by atoms with van der Waals surface area (Å²) in [6.07, 6.45) is 3.91. The summed E-state index contributed by atoms with van der Waals surface area (Å²) in [5.74, 6) is 1.62. The van der Waals surface area contributed by atoms with Gasteiger partial charge < -0.3 is 19.9 Å². The minimum atomic E-state index is -0.312. The molecule has 7 heteroatoms. The Morgan fingerprint density at radius 2 is 2.07 bits per heavy atom. The number of ether oxygens (including phenoxy) is 1. The number of rotatable bonds is 6. The highest BCUT2D eigenvalue weighted by Crippen LogP contribution is 2.21. The standard InChI is InChI=1S/C20H31FN4O.HI/c1-3-26-19-7-6-16(12-18(19)21)13-23-20(22-2)25-11-8-17(15-25)14-24-9-4-5-10-24;/h6-7,12,17H,3-5,8-11,13-15H2,1-2H3,(H,22,23);1H. The van der Waals surface area contributed by atoms with E-state index < -0.39 is 0 Å². The molecule has 0 amide bonds. The first kappa shape index (κ1) is 22.2. The fraction of sp³-hybridized carbons (Fsp3) is 0.650. The van der Waals surface area contributed by atoms with E-state index in [0.29, 0.717) is 18.9 Å². The average molecular weight is 490 g/mol. The van der Waals surface area contributed by atoms with Gasteiger partial charge in [-0.3, -0.25) is 4.99 Å². The molecule has 2 saturated heterocycles. The van der Waals surface area contributed by atoms with E-state index >= 15 is 0 Å². The molecule has 2 fully saturated rings. The van der Waals surface area contributed by atoms with E-state index in [4.69, 9.17) is 4.74 Å². The molecule has 1 atom stereocenters. The lowest BCUT2D eigenvalue weighted by atomic mass is 10.1. The van der Waals surface area contributed by atoms with Gasteiger partial charge in [0.05, 0.1) is 6.61 Å². The zero-order valence-corrected chi connectivity index (χ0v) is 18.7. The van der Waals surface area contributed by atoms with Crippen molar-refractivity contribution in [3.05, 3.63) is 29.6 Å². The van der Waals surface area contributed by atoms with Gasteiger partial charge in [-0.25, -0.2) is 4.39 Å². The third-order valence-electron chi connectivity index (χ3n) is 5.26. The minimum Gasteiger partial charge on any atom is -0.491 e. The maximum atomic E-state index is 14.0. The first-order valence-electron chi connectivity index (χ1n) is 9.78. The summed E-state index contributed by atoms with van der Waals surface area (Å²) in [6.45, 7) is 8.69. The van der Waals surface area contributed by atoms with Crippen LogP contribution in [-0.2, 0) is 6.54 Å². The molecule has 27 heavy (non-hydrogen) atoms. The van der Waals surface area contributed by atoms with Crippen LogP contribution in [0.4, 0.5) is 4.39 Å². The number of hydrogen-bond donors (Lipinski definition) is 1. The second kappa shape index (κ2) is 11.0. The molecule has 2 heterocycles. The molecule has 2 aliphatic rings. The zero-order valence-electron chi connectivity index (χ0n) is 16.4. The fourth-order valence-electron chi connectivity index (χ4n) is 3.94. The molecule has 0 aliphatic carbocycles. The second-order valence-corrected chi connectivity index (χ2v) is 7.21. The van der Waals surface area contributed by atoms with Crippen molar-refractivity contribution >= 4 is 29.9 Å². The Morgan fingerprint density at radius 1 is 1.30 bits per heavy atom. The zero-order chi connectivity index (χ0) is 18.4.